The SMILES string of the molecule is O=C(O)CCCCC(OCCCCO)C(=O)O. The van der Waals surface area contributed by atoms with Crippen molar-refractivity contribution in [1.29, 1.82) is 0 Å². The van der Waals surface area contributed by atoms with E-state index in [9.17, 15) is 9.59 Å². The summed E-state index contributed by atoms with van der Waals surface area (Å²) in [5.74, 6) is -1.90. The van der Waals surface area contributed by atoms with Gasteiger partial charge in [-0.15, -0.1) is 0 Å². The van der Waals surface area contributed by atoms with Gasteiger partial charge in [0, 0.05) is 19.6 Å². The summed E-state index contributed by atoms with van der Waals surface area (Å²) >= 11 is 0. The van der Waals surface area contributed by atoms with Crippen LogP contribution < -0.4 is 0 Å². The quantitative estimate of drug-likeness (QED) is 0.469. The van der Waals surface area contributed by atoms with Crippen LogP contribution in [0.2, 0.25) is 0 Å². The molecule has 0 radical (unpaired) electrons. The summed E-state index contributed by atoms with van der Waals surface area (Å²) in [4.78, 5) is 21.1. The third-order valence-corrected chi connectivity index (χ3v) is 2.25. The van der Waals surface area contributed by atoms with E-state index in [2.05, 4.69) is 0 Å². The molecule has 0 spiro atoms. The normalized spacial score (nSPS) is 12.3. The minimum Gasteiger partial charge on any atom is -0.481 e. The van der Waals surface area contributed by atoms with Gasteiger partial charge in [0.1, 0.15) is 0 Å². The Morgan fingerprint density at radius 1 is 1.06 bits per heavy atom. The molecule has 0 bridgehead atoms. The Labute approximate surface area is 100 Å². The van der Waals surface area contributed by atoms with E-state index in [0.717, 1.165) is 0 Å². The second kappa shape index (κ2) is 10.0. The summed E-state index contributed by atoms with van der Waals surface area (Å²) in [5.41, 5.74) is 0. The smallest absolute Gasteiger partial charge is 0.332 e. The van der Waals surface area contributed by atoms with Crippen LogP contribution in [0.25, 0.3) is 0 Å². The Morgan fingerprint density at radius 2 is 1.76 bits per heavy atom. The molecule has 0 aromatic heterocycles. The van der Waals surface area contributed by atoms with E-state index in [-0.39, 0.29) is 13.0 Å². The van der Waals surface area contributed by atoms with Crippen LogP contribution in [0.3, 0.4) is 0 Å². The number of ether oxygens (including phenoxy) is 1. The van der Waals surface area contributed by atoms with Gasteiger partial charge in [0.05, 0.1) is 0 Å². The third kappa shape index (κ3) is 9.77. The van der Waals surface area contributed by atoms with E-state index < -0.39 is 18.0 Å². The van der Waals surface area contributed by atoms with Crippen molar-refractivity contribution in [3.05, 3.63) is 0 Å². The maximum atomic E-state index is 10.8. The molecule has 0 rings (SSSR count). The standard InChI is InChI=1S/C11H20O6/c12-7-3-4-8-17-9(11(15)16)5-1-2-6-10(13)14/h9,12H,1-8H2,(H,13,14)(H,15,16). The highest BCUT2D eigenvalue weighted by Gasteiger charge is 2.17. The van der Waals surface area contributed by atoms with E-state index in [1.165, 1.54) is 0 Å². The molecule has 6 heteroatoms. The number of carboxylic acid groups (broad SMARTS) is 2. The second-order valence-electron chi connectivity index (χ2n) is 3.77. The molecule has 0 heterocycles. The maximum Gasteiger partial charge on any atom is 0.332 e. The van der Waals surface area contributed by atoms with Gasteiger partial charge in [-0.2, -0.15) is 0 Å². The van der Waals surface area contributed by atoms with Gasteiger partial charge in [-0.05, 0) is 32.1 Å². The zero-order valence-electron chi connectivity index (χ0n) is 9.80. The van der Waals surface area contributed by atoms with Gasteiger partial charge in [0.15, 0.2) is 6.10 Å². The molecule has 6 nitrogen and oxygen atoms in total. The van der Waals surface area contributed by atoms with Gasteiger partial charge in [0.25, 0.3) is 0 Å². The lowest BCUT2D eigenvalue weighted by atomic mass is 10.1. The Balaban J connectivity index is 3.67. The van der Waals surface area contributed by atoms with E-state index >= 15 is 0 Å². The average Bonchev–Trinajstić information content (AvgIpc) is 2.26. The highest BCUT2D eigenvalue weighted by Crippen LogP contribution is 2.08. The van der Waals surface area contributed by atoms with Crippen molar-refractivity contribution < 1.29 is 29.6 Å². The predicted molar refractivity (Wildman–Crippen MR) is 59.8 cm³/mol. The van der Waals surface area contributed by atoms with Gasteiger partial charge in [-0.1, -0.05) is 0 Å². The van der Waals surface area contributed by atoms with Gasteiger partial charge >= 0.3 is 11.9 Å². The van der Waals surface area contributed by atoms with Crippen LogP contribution in [0.15, 0.2) is 0 Å². The molecule has 17 heavy (non-hydrogen) atoms. The molecule has 1 unspecified atom stereocenters. The lowest BCUT2D eigenvalue weighted by Crippen LogP contribution is -2.24. The van der Waals surface area contributed by atoms with Gasteiger partial charge in [-0.3, -0.25) is 4.79 Å². The fourth-order valence-corrected chi connectivity index (χ4v) is 1.32. The molecular weight excluding hydrogens is 228 g/mol. The molecule has 0 saturated heterocycles. The Bertz CT molecular complexity index is 228. The first-order chi connectivity index (χ1) is 8.07. The number of aliphatic hydroxyl groups is 1. The number of hydrogen-bond acceptors (Lipinski definition) is 4. The second-order valence-corrected chi connectivity index (χ2v) is 3.77. The summed E-state index contributed by atoms with van der Waals surface area (Å²) in [6, 6.07) is 0. The minimum atomic E-state index is -1.02. The number of carboxylic acids is 2. The topological polar surface area (TPSA) is 104 Å². The molecule has 0 aliphatic heterocycles. The zero-order valence-corrected chi connectivity index (χ0v) is 9.80. The summed E-state index contributed by atoms with van der Waals surface area (Å²) in [6.45, 7) is 0.371. The largest absolute Gasteiger partial charge is 0.481 e. The number of unbranched alkanes of at least 4 members (excludes halogenated alkanes) is 2. The maximum absolute atomic E-state index is 10.8. The fourth-order valence-electron chi connectivity index (χ4n) is 1.32. The fraction of sp³-hybridized carbons (Fsp3) is 0.818. The first-order valence-corrected chi connectivity index (χ1v) is 5.75. The van der Waals surface area contributed by atoms with Crippen LogP contribution >= 0.6 is 0 Å². The molecule has 0 aliphatic carbocycles. The zero-order chi connectivity index (χ0) is 13.1. The highest BCUT2D eigenvalue weighted by atomic mass is 16.5. The van der Waals surface area contributed by atoms with Crippen LogP contribution in [0.5, 0.6) is 0 Å². The molecule has 0 amide bonds. The van der Waals surface area contributed by atoms with Crippen molar-refractivity contribution >= 4 is 11.9 Å². The molecule has 0 fully saturated rings. The van der Waals surface area contributed by atoms with E-state index in [4.69, 9.17) is 20.1 Å². The van der Waals surface area contributed by atoms with Crippen LogP contribution in [0, 0.1) is 0 Å². The summed E-state index contributed by atoms with van der Waals surface area (Å²) in [7, 11) is 0. The van der Waals surface area contributed by atoms with Crippen molar-refractivity contribution in [2.75, 3.05) is 13.2 Å². The number of carbonyl (C=O) groups is 2. The molecule has 0 aromatic rings. The Kier molecular flexibility index (Phi) is 9.37. The number of hydrogen-bond donors (Lipinski definition) is 3. The van der Waals surface area contributed by atoms with Crippen molar-refractivity contribution in [1.82, 2.24) is 0 Å². The average molecular weight is 248 g/mol. The van der Waals surface area contributed by atoms with Gasteiger partial charge in [-0.25, -0.2) is 4.79 Å². The Morgan fingerprint density at radius 3 is 2.29 bits per heavy atom. The van der Waals surface area contributed by atoms with Crippen LogP contribution in [-0.4, -0.2) is 46.6 Å². The minimum absolute atomic E-state index is 0.0524. The first-order valence-electron chi connectivity index (χ1n) is 5.75. The van der Waals surface area contributed by atoms with Crippen molar-refractivity contribution in [2.24, 2.45) is 0 Å². The molecule has 3 N–H and O–H groups in total. The molecule has 100 valence electrons. The van der Waals surface area contributed by atoms with Crippen LogP contribution in [0.1, 0.15) is 38.5 Å². The molecule has 0 aliphatic rings. The van der Waals surface area contributed by atoms with E-state index in [1.807, 2.05) is 0 Å². The number of aliphatic hydroxyl groups excluding tert-OH is 1. The number of rotatable bonds is 11. The monoisotopic (exact) mass is 248 g/mol. The van der Waals surface area contributed by atoms with Gasteiger partial charge in [0.2, 0.25) is 0 Å². The predicted octanol–water partition coefficient (Wildman–Crippen LogP) is 0.874. The van der Waals surface area contributed by atoms with Crippen molar-refractivity contribution in [2.45, 2.75) is 44.6 Å². The van der Waals surface area contributed by atoms with Gasteiger partial charge < -0.3 is 20.1 Å². The summed E-state index contributed by atoms with van der Waals surface area (Å²) in [6.07, 6.45) is 1.68. The summed E-state index contributed by atoms with van der Waals surface area (Å²) in [5, 5.41) is 25.8. The van der Waals surface area contributed by atoms with Crippen LogP contribution in [0.4, 0.5) is 0 Å². The van der Waals surface area contributed by atoms with E-state index in [1.54, 1.807) is 0 Å². The third-order valence-electron chi connectivity index (χ3n) is 2.25. The lowest BCUT2D eigenvalue weighted by molar-refractivity contribution is -0.151. The van der Waals surface area contributed by atoms with E-state index in [0.29, 0.717) is 38.7 Å². The molecule has 1 atom stereocenters. The van der Waals surface area contributed by atoms with Crippen molar-refractivity contribution in [3.63, 3.8) is 0 Å². The molecule has 0 saturated carbocycles. The highest BCUT2D eigenvalue weighted by molar-refractivity contribution is 5.72. The molecular formula is C11H20O6. The van der Waals surface area contributed by atoms with Crippen LogP contribution in [-0.2, 0) is 14.3 Å². The first kappa shape index (κ1) is 15.9. The lowest BCUT2D eigenvalue weighted by Gasteiger charge is -2.13. The Hall–Kier alpha value is -1.14. The number of aliphatic carboxylic acids is 2. The molecule has 0 aromatic carbocycles. The van der Waals surface area contributed by atoms with Crippen molar-refractivity contribution in [3.8, 4) is 0 Å². The summed E-state index contributed by atoms with van der Waals surface area (Å²) < 4.78 is 5.15.